The molecule has 3 aromatic rings. The molecule has 0 radical (unpaired) electrons. The van der Waals surface area contributed by atoms with Crippen molar-refractivity contribution in [2.45, 2.75) is 76.5 Å². The molecule has 4 amide bonds. The Balaban J connectivity index is 1.18. The smallest absolute Gasteiger partial charge is 0.250 e. The molecule has 1 saturated heterocycles. The van der Waals surface area contributed by atoms with Crippen molar-refractivity contribution in [3.8, 4) is 0 Å². The second-order valence-corrected chi connectivity index (χ2v) is 13.0. The van der Waals surface area contributed by atoms with Crippen molar-refractivity contribution in [2.75, 3.05) is 18.0 Å². The van der Waals surface area contributed by atoms with Crippen molar-refractivity contribution in [2.24, 2.45) is 5.92 Å². The van der Waals surface area contributed by atoms with Crippen LogP contribution in [-0.2, 0) is 38.4 Å². The van der Waals surface area contributed by atoms with Gasteiger partial charge in [-0.15, -0.1) is 11.3 Å². The molecule has 1 fully saturated rings. The van der Waals surface area contributed by atoms with Crippen LogP contribution in [0, 0.1) is 5.92 Å². The molecule has 0 saturated carbocycles. The fourth-order valence-electron chi connectivity index (χ4n) is 6.80. The van der Waals surface area contributed by atoms with Crippen molar-refractivity contribution >= 4 is 50.7 Å². The number of hydrazine groups is 2. The topological polar surface area (TPSA) is 144 Å². The molecule has 0 aliphatic carbocycles. The summed E-state index contributed by atoms with van der Waals surface area (Å²) in [5.41, 5.74) is 12.5. The van der Waals surface area contributed by atoms with Gasteiger partial charge in [0.2, 0.25) is 23.6 Å². The highest BCUT2D eigenvalue weighted by Crippen LogP contribution is 2.39. The van der Waals surface area contributed by atoms with E-state index in [-0.39, 0.29) is 42.0 Å². The van der Waals surface area contributed by atoms with Gasteiger partial charge in [-0.3, -0.25) is 24.1 Å². The summed E-state index contributed by atoms with van der Waals surface area (Å²) in [6.45, 7) is 5.06. The average Bonchev–Trinajstić information content (AvgIpc) is 3.79. The van der Waals surface area contributed by atoms with E-state index in [0.29, 0.717) is 45.2 Å². The van der Waals surface area contributed by atoms with Crippen LogP contribution in [-0.4, -0.2) is 60.9 Å². The van der Waals surface area contributed by atoms with E-state index in [9.17, 15) is 19.2 Å². The predicted octanol–water partition coefficient (Wildman–Crippen LogP) is 1.85. The summed E-state index contributed by atoms with van der Waals surface area (Å²) in [5, 5.41) is 12.1. The van der Waals surface area contributed by atoms with Crippen LogP contribution < -0.4 is 37.2 Å². The van der Waals surface area contributed by atoms with Crippen LogP contribution in [0.3, 0.4) is 0 Å². The summed E-state index contributed by atoms with van der Waals surface area (Å²) >= 11 is 1.60. The van der Waals surface area contributed by atoms with Gasteiger partial charge in [-0.2, -0.15) is 5.53 Å². The zero-order valence-corrected chi connectivity index (χ0v) is 26.5. The lowest BCUT2D eigenvalue weighted by atomic mass is 9.92. The minimum atomic E-state index is -0.828. The standard InChI is InChI=1S/C33H41N7O4S/c1-3-19(4-2)29(37-28(41)15-22-18-45-27-11-6-5-10-24(22)27)32(43)36-25-13-12-20-8-7-9-21-14-26(40(30(20)21)33(25)44)31(42)34-16-23-17-35-39-38-23/h5-11,18-19,23,25-26,29,35,38-39H,3-4,12-17H2,1-2H3,(H,34,42)(H,36,43)(H,37,41)/t23?,25-,26-,29-/m0/s1. The first-order chi connectivity index (χ1) is 21.9. The molecule has 3 aliphatic heterocycles. The molecule has 2 aromatic carbocycles. The number of hydrogen-bond acceptors (Lipinski definition) is 8. The monoisotopic (exact) mass is 631 g/mol. The van der Waals surface area contributed by atoms with Gasteiger partial charge in [-0.25, -0.2) is 10.9 Å². The Bertz CT molecular complexity index is 1580. The molecule has 6 rings (SSSR count). The van der Waals surface area contributed by atoms with Crippen LogP contribution in [0.1, 0.15) is 49.8 Å². The van der Waals surface area contributed by atoms with Crippen molar-refractivity contribution < 1.29 is 19.2 Å². The van der Waals surface area contributed by atoms with Crippen LogP contribution in [0.2, 0.25) is 0 Å². The largest absolute Gasteiger partial charge is 0.353 e. The lowest BCUT2D eigenvalue weighted by molar-refractivity contribution is -0.133. The van der Waals surface area contributed by atoms with E-state index in [1.54, 1.807) is 16.2 Å². The van der Waals surface area contributed by atoms with Crippen LogP contribution in [0.15, 0.2) is 47.8 Å². The molecule has 1 unspecified atom stereocenters. The molecular weight excluding hydrogens is 590 g/mol. The third-order valence-electron chi connectivity index (χ3n) is 9.29. The van der Waals surface area contributed by atoms with E-state index in [1.807, 2.05) is 61.7 Å². The first kappa shape index (κ1) is 31.2. The normalized spacial score (nSPS) is 21.4. The minimum Gasteiger partial charge on any atom is -0.353 e. The van der Waals surface area contributed by atoms with Crippen molar-refractivity contribution in [1.29, 1.82) is 0 Å². The second kappa shape index (κ2) is 13.7. The van der Waals surface area contributed by atoms with Gasteiger partial charge >= 0.3 is 0 Å². The number of rotatable bonds is 11. The second-order valence-electron chi connectivity index (χ2n) is 12.1. The quantitative estimate of drug-likeness (QED) is 0.190. The highest BCUT2D eigenvalue weighted by molar-refractivity contribution is 7.17. The molecule has 3 aliphatic rings. The third-order valence-corrected chi connectivity index (χ3v) is 10.3. The number of aryl methyl sites for hydroxylation is 1. The van der Waals surface area contributed by atoms with Gasteiger partial charge in [-0.1, -0.05) is 63.1 Å². The van der Waals surface area contributed by atoms with E-state index in [1.165, 1.54) is 0 Å². The highest BCUT2D eigenvalue weighted by atomic mass is 32.1. The molecule has 1 aromatic heterocycles. The number of anilines is 1. The molecule has 0 spiro atoms. The Labute approximate surface area is 266 Å². The maximum atomic E-state index is 14.2. The van der Waals surface area contributed by atoms with E-state index in [4.69, 9.17) is 0 Å². The Morgan fingerprint density at radius 2 is 1.87 bits per heavy atom. The van der Waals surface area contributed by atoms with Crippen LogP contribution >= 0.6 is 11.3 Å². The fraction of sp³-hybridized carbons (Fsp3) is 0.455. The van der Waals surface area contributed by atoms with Gasteiger partial charge in [0.1, 0.15) is 18.1 Å². The molecule has 0 bridgehead atoms. The number of benzene rings is 2. The minimum absolute atomic E-state index is 0.0239. The number of nitrogens with zero attached hydrogens (tertiary/aromatic N) is 1. The maximum absolute atomic E-state index is 14.2. The summed E-state index contributed by atoms with van der Waals surface area (Å²) in [7, 11) is 0. The number of fused-ring (bicyclic) bond motifs is 1. The Hall–Kier alpha value is -3.84. The van der Waals surface area contributed by atoms with Crippen molar-refractivity contribution in [1.82, 2.24) is 32.3 Å². The number of thiophene rings is 1. The maximum Gasteiger partial charge on any atom is 0.250 e. The number of nitrogens with one attached hydrogen (secondary N) is 6. The molecular formula is C33H41N7O4S. The van der Waals surface area contributed by atoms with Crippen molar-refractivity contribution in [3.05, 3.63) is 64.5 Å². The van der Waals surface area contributed by atoms with E-state index in [0.717, 1.165) is 32.5 Å². The zero-order chi connectivity index (χ0) is 31.5. The molecule has 12 heteroatoms. The first-order valence-electron chi connectivity index (χ1n) is 15.9. The lowest BCUT2D eigenvalue weighted by Crippen LogP contribution is -2.58. The molecule has 238 valence electrons. The number of carbonyl (C=O) groups excluding carboxylic acids is 4. The average molecular weight is 632 g/mol. The van der Waals surface area contributed by atoms with Gasteiger partial charge in [0.25, 0.3) is 0 Å². The first-order valence-corrected chi connectivity index (χ1v) is 16.8. The Kier molecular flexibility index (Phi) is 9.45. The van der Waals surface area contributed by atoms with Gasteiger partial charge in [-0.05, 0) is 52.3 Å². The van der Waals surface area contributed by atoms with Crippen LogP contribution in [0.4, 0.5) is 5.69 Å². The summed E-state index contributed by atoms with van der Waals surface area (Å²) in [6.07, 6.45) is 2.96. The zero-order valence-electron chi connectivity index (χ0n) is 25.7. The van der Waals surface area contributed by atoms with Crippen molar-refractivity contribution in [3.63, 3.8) is 0 Å². The predicted molar refractivity (Wildman–Crippen MR) is 174 cm³/mol. The van der Waals surface area contributed by atoms with Gasteiger partial charge < -0.3 is 16.0 Å². The summed E-state index contributed by atoms with van der Waals surface area (Å²) in [5.74, 6) is -1.22. The molecule has 4 atom stereocenters. The van der Waals surface area contributed by atoms with Gasteiger partial charge in [0, 0.05) is 24.2 Å². The number of hydrogen-bond donors (Lipinski definition) is 6. The number of para-hydroxylation sites is 1. The van der Waals surface area contributed by atoms with Gasteiger partial charge in [0.05, 0.1) is 18.2 Å². The van der Waals surface area contributed by atoms with E-state index >= 15 is 0 Å². The number of amides is 4. The molecule has 6 N–H and O–H groups in total. The Morgan fingerprint density at radius 3 is 2.64 bits per heavy atom. The summed E-state index contributed by atoms with van der Waals surface area (Å²) < 4.78 is 1.11. The molecule has 4 heterocycles. The van der Waals surface area contributed by atoms with Gasteiger partial charge in [0.15, 0.2) is 0 Å². The molecule has 11 nitrogen and oxygen atoms in total. The Morgan fingerprint density at radius 1 is 1.07 bits per heavy atom. The number of carbonyl (C=O) groups is 4. The lowest BCUT2D eigenvalue weighted by Gasteiger charge is -2.30. The summed E-state index contributed by atoms with van der Waals surface area (Å²) in [6, 6.07) is 11.6. The third kappa shape index (κ3) is 6.46. The molecule has 45 heavy (non-hydrogen) atoms. The SMILES string of the molecule is CCC(CC)[C@H](NC(=O)Cc1csc2ccccc12)C(=O)N[C@H]1CCc2cccc3c2N(C1=O)[C@H](C(=O)NCC1CNNN1)C3. The summed E-state index contributed by atoms with van der Waals surface area (Å²) in [4.78, 5) is 56.5. The fourth-order valence-corrected chi connectivity index (χ4v) is 7.77. The van der Waals surface area contributed by atoms with Crippen LogP contribution in [0.25, 0.3) is 10.1 Å². The van der Waals surface area contributed by atoms with Crippen LogP contribution in [0.5, 0.6) is 0 Å². The highest BCUT2D eigenvalue weighted by Gasteiger charge is 2.44. The van der Waals surface area contributed by atoms with E-state index < -0.39 is 18.1 Å². The van der Waals surface area contributed by atoms with E-state index in [2.05, 4.69) is 32.3 Å².